The molecule has 104 valence electrons. The first-order valence-corrected chi connectivity index (χ1v) is 7.80. The molecular weight excluding hydrogens is 306 g/mol. The highest BCUT2D eigenvalue weighted by atomic mass is 79.9. The van der Waals surface area contributed by atoms with Crippen LogP contribution in [0.2, 0.25) is 0 Å². The SMILES string of the molecule is CCC(CC)N(CCBr)c1ncnc2c1cnn2C. The van der Waals surface area contributed by atoms with E-state index in [2.05, 4.69) is 49.7 Å². The van der Waals surface area contributed by atoms with Crippen molar-refractivity contribution in [3.05, 3.63) is 12.5 Å². The van der Waals surface area contributed by atoms with Gasteiger partial charge in [-0.2, -0.15) is 5.10 Å². The van der Waals surface area contributed by atoms with Crippen molar-refractivity contribution in [2.24, 2.45) is 7.05 Å². The van der Waals surface area contributed by atoms with Crippen LogP contribution in [-0.2, 0) is 7.05 Å². The maximum atomic E-state index is 4.50. The van der Waals surface area contributed by atoms with E-state index in [1.54, 1.807) is 11.0 Å². The summed E-state index contributed by atoms with van der Waals surface area (Å²) in [7, 11) is 1.91. The number of rotatable bonds is 6. The Morgan fingerprint density at radius 3 is 2.68 bits per heavy atom. The summed E-state index contributed by atoms with van der Waals surface area (Å²) in [5.74, 6) is 0.992. The lowest BCUT2D eigenvalue weighted by molar-refractivity contribution is 0.565. The molecule has 0 atom stereocenters. The molecule has 2 heterocycles. The number of hydrogen-bond acceptors (Lipinski definition) is 4. The van der Waals surface area contributed by atoms with E-state index in [4.69, 9.17) is 0 Å². The first kappa shape index (κ1) is 14.2. The number of aryl methyl sites for hydroxylation is 1. The molecule has 0 spiro atoms. The van der Waals surface area contributed by atoms with Gasteiger partial charge in [0.05, 0.1) is 11.6 Å². The van der Waals surface area contributed by atoms with E-state index in [0.717, 1.165) is 41.6 Å². The average molecular weight is 326 g/mol. The lowest BCUT2D eigenvalue weighted by Crippen LogP contribution is -2.36. The minimum atomic E-state index is 0.496. The molecule has 6 heteroatoms. The van der Waals surface area contributed by atoms with Crippen LogP contribution in [0.3, 0.4) is 0 Å². The molecular formula is C13H20BrN5. The molecule has 5 nitrogen and oxygen atoms in total. The predicted molar refractivity (Wildman–Crippen MR) is 81.8 cm³/mol. The Labute approximate surface area is 122 Å². The molecule has 19 heavy (non-hydrogen) atoms. The van der Waals surface area contributed by atoms with Gasteiger partial charge >= 0.3 is 0 Å². The molecule has 0 fully saturated rings. The van der Waals surface area contributed by atoms with Gasteiger partial charge in [0.15, 0.2) is 5.65 Å². The van der Waals surface area contributed by atoms with E-state index in [1.165, 1.54) is 0 Å². The third-order valence-electron chi connectivity index (χ3n) is 3.49. The summed E-state index contributed by atoms with van der Waals surface area (Å²) in [5, 5.41) is 6.24. The summed E-state index contributed by atoms with van der Waals surface area (Å²) < 4.78 is 1.79. The molecule has 0 amide bonds. The normalized spacial score (nSPS) is 11.4. The molecule has 0 aliphatic rings. The summed E-state index contributed by atoms with van der Waals surface area (Å²) >= 11 is 3.54. The molecule has 2 aromatic rings. The Balaban J connectivity index is 2.49. The number of anilines is 1. The van der Waals surface area contributed by atoms with Gasteiger partial charge in [0.1, 0.15) is 12.1 Å². The maximum Gasteiger partial charge on any atom is 0.163 e. The third-order valence-corrected chi connectivity index (χ3v) is 3.84. The number of nitrogens with zero attached hydrogens (tertiary/aromatic N) is 5. The van der Waals surface area contributed by atoms with Crippen molar-refractivity contribution in [3.63, 3.8) is 0 Å². The number of alkyl halides is 1. The molecule has 0 bridgehead atoms. The summed E-state index contributed by atoms with van der Waals surface area (Å²) in [6.45, 7) is 5.38. The molecule has 0 aromatic carbocycles. The van der Waals surface area contributed by atoms with Gasteiger partial charge in [0, 0.05) is 25.0 Å². The maximum absolute atomic E-state index is 4.50. The second kappa shape index (κ2) is 6.32. The van der Waals surface area contributed by atoms with E-state index in [1.807, 2.05) is 13.2 Å². The molecule has 2 rings (SSSR count). The zero-order valence-electron chi connectivity index (χ0n) is 11.7. The predicted octanol–water partition coefficient (Wildman–Crippen LogP) is 2.75. The van der Waals surface area contributed by atoms with Gasteiger partial charge in [-0.1, -0.05) is 29.8 Å². The zero-order chi connectivity index (χ0) is 13.8. The quantitative estimate of drug-likeness (QED) is 0.766. The Kier molecular flexibility index (Phi) is 4.74. The number of fused-ring (bicyclic) bond motifs is 1. The number of hydrogen-bond donors (Lipinski definition) is 0. The Morgan fingerprint density at radius 2 is 2.05 bits per heavy atom. The van der Waals surface area contributed by atoms with E-state index in [9.17, 15) is 0 Å². The molecule has 0 aliphatic heterocycles. The van der Waals surface area contributed by atoms with Crippen molar-refractivity contribution in [1.82, 2.24) is 19.7 Å². The Bertz CT molecular complexity index is 535. The van der Waals surface area contributed by atoms with Crippen molar-refractivity contribution < 1.29 is 0 Å². The summed E-state index contributed by atoms with van der Waals surface area (Å²) in [6, 6.07) is 0.496. The van der Waals surface area contributed by atoms with Crippen molar-refractivity contribution >= 4 is 32.8 Å². The monoisotopic (exact) mass is 325 g/mol. The molecule has 0 radical (unpaired) electrons. The van der Waals surface area contributed by atoms with Crippen molar-refractivity contribution in [2.75, 3.05) is 16.8 Å². The Hall–Kier alpha value is -1.17. The van der Waals surface area contributed by atoms with Gasteiger partial charge in [-0.05, 0) is 12.8 Å². The van der Waals surface area contributed by atoms with Crippen molar-refractivity contribution in [1.29, 1.82) is 0 Å². The topological polar surface area (TPSA) is 46.8 Å². The van der Waals surface area contributed by atoms with Gasteiger partial charge in [-0.15, -0.1) is 0 Å². The van der Waals surface area contributed by atoms with Gasteiger partial charge in [0.2, 0.25) is 0 Å². The average Bonchev–Trinajstić information content (AvgIpc) is 2.81. The van der Waals surface area contributed by atoms with Crippen LogP contribution in [0.1, 0.15) is 26.7 Å². The first-order chi connectivity index (χ1) is 9.22. The molecule has 0 unspecified atom stereocenters. The van der Waals surface area contributed by atoms with Crippen LogP contribution >= 0.6 is 15.9 Å². The van der Waals surface area contributed by atoms with Crippen LogP contribution in [0.4, 0.5) is 5.82 Å². The van der Waals surface area contributed by atoms with Crippen LogP contribution in [0, 0.1) is 0 Å². The van der Waals surface area contributed by atoms with Gasteiger partial charge in [0.25, 0.3) is 0 Å². The molecule has 0 saturated carbocycles. The van der Waals surface area contributed by atoms with Gasteiger partial charge < -0.3 is 4.90 Å². The molecule has 2 aromatic heterocycles. The first-order valence-electron chi connectivity index (χ1n) is 6.68. The summed E-state index contributed by atoms with van der Waals surface area (Å²) in [6.07, 6.45) is 5.70. The van der Waals surface area contributed by atoms with E-state index >= 15 is 0 Å². The minimum absolute atomic E-state index is 0.496. The highest BCUT2D eigenvalue weighted by Crippen LogP contribution is 2.25. The smallest absolute Gasteiger partial charge is 0.163 e. The van der Waals surface area contributed by atoms with Crippen LogP contribution in [-0.4, -0.2) is 37.7 Å². The zero-order valence-corrected chi connectivity index (χ0v) is 13.3. The number of halogens is 1. The fourth-order valence-corrected chi connectivity index (χ4v) is 2.84. The van der Waals surface area contributed by atoms with Crippen molar-refractivity contribution in [2.45, 2.75) is 32.7 Å². The fraction of sp³-hybridized carbons (Fsp3) is 0.615. The molecule has 0 saturated heterocycles. The fourth-order valence-electron chi connectivity index (χ4n) is 2.46. The van der Waals surface area contributed by atoms with Crippen LogP contribution in [0.5, 0.6) is 0 Å². The minimum Gasteiger partial charge on any atom is -0.352 e. The molecule has 0 N–H and O–H groups in total. The summed E-state index contributed by atoms with van der Waals surface area (Å²) in [4.78, 5) is 11.2. The van der Waals surface area contributed by atoms with Gasteiger partial charge in [-0.3, -0.25) is 4.68 Å². The highest BCUT2D eigenvalue weighted by molar-refractivity contribution is 9.09. The van der Waals surface area contributed by atoms with Crippen LogP contribution in [0.15, 0.2) is 12.5 Å². The number of aromatic nitrogens is 4. The van der Waals surface area contributed by atoms with E-state index < -0.39 is 0 Å². The lowest BCUT2D eigenvalue weighted by Gasteiger charge is -2.31. The van der Waals surface area contributed by atoms with Gasteiger partial charge in [-0.25, -0.2) is 9.97 Å². The van der Waals surface area contributed by atoms with Crippen LogP contribution < -0.4 is 4.90 Å². The lowest BCUT2D eigenvalue weighted by atomic mass is 10.1. The van der Waals surface area contributed by atoms with E-state index in [-0.39, 0.29) is 0 Å². The van der Waals surface area contributed by atoms with Crippen LogP contribution in [0.25, 0.3) is 11.0 Å². The van der Waals surface area contributed by atoms with E-state index in [0.29, 0.717) is 6.04 Å². The summed E-state index contributed by atoms with van der Waals surface area (Å²) in [5.41, 5.74) is 0.885. The van der Waals surface area contributed by atoms with Crippen molar-refractivity contribution in [3.8, 4) is 0 Å². The molecule has 0 aliphatic carbocycles. The third kappa shape index (κ3) is 2.73. The second-order valence-electron chi connectivity index (χ2n) is 4.56. The largest absolute Gasteiger partial charge is 0.352 e. The standard InChI is InChI=1S/C13H20BrN5/c1-4-10(5-2)19(7-6-14)13-11-8-17-18(3)12(11)15-9-16-13/h8-10H,4-7H2,1-3H3. The highest BCUT2D eigenvalue weighted by Gasteiger charge is 2.20. The second-order valence-corrected chi connectivity index (χ2v) is 5.35. The Morgan fingerprint density at radius 1 is 1.32 bits per heavy atom.